The molecule has 0 saturated carbocycles. The van der Waals surface area contributed by atoms with Crippen LogP contribution in [0, 0.1) is 11.8 Å². The van der Waals surface area contributed by atoms with Gasteiger partial charge >= 0.3 is 6.09 Å². The van der Waals surface area contributed by atoms with Gasteiger partial charge < -0.3 is 31.3 Å². The number of aromatic nitrogens is 8. The summed E-state index contributed by atoms with van der Waals surface area (Å²) in [5.74, 6) is 4.85. The van der Waals surface area contributed by atoms with Gasteiger partial charge in [-0.3, -0.25) is 33.6 Å². The molecule has 94 heavy (non-hydrogen) atoms. The molecule has 0 spiro atoms. The minimum absolute atomic E-state index is 0.00532. The maximum atomic E-state index is 14.4. The van der Waals surface area contributed by atoms with Crippen LogP contribution in [0.2, 0.25) is 0 Å². The molecule has 7 aromatic rings. The van der Waals surface area contributed by atoms with Crippen molar-refractivity contribution in [3.05, 3.63) is 173 Å². The zero-order chi connectivity index (χ0) is 69.0. The number of fused-ring (bicyclic) bond motifs is 1. The fraction of sp³-hybridized carbons (Fsp3) is 0.369. The second kappa shape index (κ2) is 35.8. The molecule has 6 atom stereocenters. The minimum Gasteiger partial charge on any atom is -0.444 e. The van der Waals surface area contributed by atoms with Crippen LogP contribution >= 0.6 is 75.3 Å². The average molecular weight is 1570 g/mol. The summed E-state index contributed by atoms with van der Waals surface area (Å²) >= 11 is 18.7. The number of halogens is 8. The Hall–Kier alpha value is -7.55. The molecule has 1 aromatic carbocycles. The number of nitrogen functional groups attached to an aromatic ring is 1. The van der Waals surface area contributed by atoms with Gasteiger partial charge in [-0.05, 0) is 183 Å². The molecular weight excluding hydrogens is 1500 g/mol. The third kappa shape index (κ3) is 24.0. The Labute approximate surface area is 581 Å². The van der Waals surface area contributed by atoms with Gasteiger partial charge in [0.05, 0.1) is 56.0 Å². The van der Waals surface area contributed by atoms with Gasteiger partial charge in [-0.1, -0.05) is 41.8 Å². The van der Waals surface area contributed by atoms with Crippen molar-refractivity contribution in [3.63, 3.8) is 0 Å². The number of amides is 3. The van der Waals surface area contributed by atoms with E-state index in [1.54, 1.807) is 112 Å². The van der Waals surface area contributed by atoms with Gasteiger partial charge in [-0.2, -0.15) is 5.10 Å². The molecule has 0 unspecified atom stereocenters. The van der Waals surface area contributed by atoms with Gasteiger partial charge in [0.25, 0.3) is 5.91 Å². The minimum atomic E-state index is -1.33. The number of benzene rings is 1. The largest absolute Gasteiger partial charge is 0.444 e. The Morgan fingerprint density at radius 3 is 1.62 bits per heavy atom. The standard InChI is InChI=1S/C27H21BrFN7O3.C16H20BrFN2O3.C11H12BrFN2O.C6H12ClN.C5H5BrN2/c28-23-4-1-3-18(33-23)13-22(37)21-12-17(29)14-35(21)25(38)15-36-20-7-5-16(6-8-24-31-9-2-10-32-24)11-19(20)26(34-36)27(30)39;1-16(2,3)23-15(22)20-9-10(18)7-12(20)13(21)8-11-5-4-6-14(17)19-11;12-11-3-1-2-8(15-11)5-10(16)9-4-7(13)6-14-9;1-5(2)6(7)8(3)4;6-4-2-1-3-5(7)8-4/h1-5,7,9-11,17,21H,12-15H2,(H2,30,39);4-6,10,12H,7-9H2,1-3H3;1-3,7,9,14H,4-6H2;1-4H3;1-3H,(H2,7,8)/t17-,21+;10-,12+;7-,9+;;/m111../s1. The van der Waals surface area contributed by atoms with Crippen LogP contribution < -0.4 is 16.8 Å². The van der Waals surface area contributed by atoms with Crippen molar-refractivity contribution in [2.75, 3.05) is 39.5 Å². The van der Waals surface area contributed by atoms with Crippen LogP contribution in [0.15, 0.2) is 139 Å². The maximum Gasteiger partial charge on any atom is 0.411 e. The number of carbonyl (C=O) groups excluding carboxylic acids is 6. The molecule has 0 aliphatic carbocycles. The molecule has 10 rings (SSSR count). The molecule has 3 aliphatic rings. The number of carbonyl (C=O) groups is 6. The second-order valence-corrected chi connectivity index (χ2v) is 26.6. The third-order valence-corrected chi connectivity index (χ3v) is 16.2. The number of alkyl halides is 3. The van der Waals surface area contributed by atoms with E-state index in [0.29, 0.717) is 59.0 Å². The zero-order valence-electron chi connectivity index (χ0n) is 52.4. The van der Waals surface area contributed by atoms with E-state index in [1.165, 1.54) is 14.5 Å². The number of allylic oxidation sites excluding steroid dienone is 1. The van der Waals surface area contributed by atoms with Crippen molar-refractivity contribution in [2.45, 2.75) is 122 Å². The molecule has 0 radical (unpaired) electrons. The van der Waals surface area contributed by atoms with Gasteiger partial charge in [0, 0.05) is 80.3 Å². The number of nitrogens with zero attached hydrogens (tertiary/aromatic N) is 11. The average Bonchev–Trinajstić information content (AvgIpc) is 1.64. The normalized spacial score (nSPS) is 17.8. The Bertz CT molecular complexity index is 3890. The number of likely N-dealkylation sites (tertiary alicyclic amines) is 2. The highest BCUT2D eigenvalue weighted by Gasteiger charge is 2.42. The molecular formula is C65H70Br4ClF3N14O7. The molecule has 5 N–H and O–H groups in total. The zero-order valence-corrected chi connectivity index (χ0v) is 59.5. The SMILES string of the molecule is CC(C)(C)OC(=O)N1C[C@H](F)C[C@H]1C(=O)Cc1cccc(Br)n1.CC(C)=C(Cl)N(C)C.NC(=O)c1nn(CC(=O)N2C[C@H](F)C[C@H]2C(=O)Cc2cccc(Br)n2)c2ccc(C#Cc3ncccn3)cc12.Nc1cccc(Br)n1.O=C(Cc1cccc(Br)n1)[C@@H]1C[C@@H](F)CN1. The first kappa shape index (κ1) is 75.5. The molecule has 498 valence electrons. The molecule has 21 nitrogen and oxygen atoms in total. The van der Waals surface area contributed by atoms with Gasteiger partial charge in [-0.15, -0.1) is 0 Å². The molecule has 0 bridgehead atoms. The number of ether oxygens (including phenoxy) is 1. The molecule has 9 heterocycles. The Morgan fingerprint density at radius 2 is 1.18 bits per heavy atom. The Kier molecular flexibility index (Phi) is 28.8. The number of primary amides is 1. The molecule has 6 aromatic heterocycles. The third-order valence-electron chi connectivity index (χ3n) is 13.7. The van der Waals surface area contributed by atoms with E-state index in [4.69, 9.17) is 27.8 Å². The topological polar surface area (TPSA) is 281 Å². The summed E-state index contributed by atoms with van der Waals surface area (Å²) in [6.45, 7) is 8.83. The summed E-state index contributed by atoms with van der Waals surface area (Å²) in [6, 6.07) is 25.9. The van der Waals surface area contributed by atoms with Crippen LogP contribution in [-0.2, 0) is 49.7 Å². The number of ketones is 3. The molecule has 3 fully saturated rings. The summed E-state index contributed by atoms with van der Waals surface area (Å²) in [6.07, 6.45) is -0.467. The predicted octanol–water partition coefficient (Wildman–Crippen LogP) is 10.7. The lowest BCUT2D eigenvalue weighted by Gasteiger charge is -2.27. The van der Waals surface area contributed by atoms with Gasteiger partial charge in [0.2, 0.25) is 11.7 Å². The summed E-state index contributed by atoms with van der Waals surface area (Å²) in [7, 11) is 3.85. The smallest absolute Gasteiger partial charge is 0.411 e. The number of pyridine rings is 4. The number of hydrogen-bond acceptors (Lipinski definition) is 17. The highest BCUT2D eigenvalue weighted by molar-refractivity contribution is 9.11. The summed E-state index contributed by atoms with van der Waals surface area (Å²) in [5.41, 5.74) is 14.1. The van der Waals surface area contributed by atoms with Crippen LogP contribution in [0.4, 0.5) is 23.8 Å². The molecule has 3 aliphatic heterocycles. The quantitative estimate of drug-likeness (QED) is 0.0549. The van der Waals surface area contributed by atoms with E-state index in [2.05, 4.69) is 116 Å². The summed E-state index contributed by atoms with van der Waals surface area (Å²) in [4.78, 5) is 104. The number of nitrogens with two attached hydrogens (primary N) is 2. The second-order valence-electron chi connectivity index (χ2n) is 22.9. The van der Waals surface area contributed by atoms with E-state index in [0.717, 1.165) is 15.3 Å². The van der Waals surface area contributed by atoms with Gasteiger partial charge in [-0.25, -0.2) is 47.9 Å². The van der Waals surface area contributed by atoms with Crippen molar-refractivity contribution >= 4 is 127 Å². The monoisotopic (exact) mass is 1570 g/mol. The van der Waals surface area contributed by atoms with E-state index < -0.39 is 54.1 Å². The maximum absolute atomic E-state index is 14.4. The fourth-order valence-corrected chi connectivity index (χ4v) is 11.1. The molecule has 3 saturated heterocycles. The lowest BCUT2D eigenvalue weighted by atomic mass is 10.0. The van der Waals surface area contributed by atoms with Gasteiger partial charge in [0.1, 0.15) is 60.0 Å². The van der Waals surface area contributed by atoms with Crippen LogP contribution in [0.1, 0.15) is 92.8 Å². The van der Waals surface area contributed by atoms with Gasteiger partial charge in [0.15, 0.2) is 23.0 Å². The summed E-state index contributed by atoms with van der Waals surface area (Å²) < 4.78 is 50.4. The van der Waals surface area contributed by atoms with Crippen molar-refractivity contribution in [3.8, 4) is 11.8 Å². The highest BCUT2D eigenvalue weighted by atomic mass is 79.9. The number of hydrogen-bond donors (Lipinski definition) is 3. The van der Waals surface area contributed by atoms with E-state index in [1.807, 2.05) is 51.0 Å². The lowest BCUT2D eigenvalue weighted by Crippen LogP contribution is -2.44. The van der Waals surface area contributed by atoms with Crippen molar-refractivity contribution < 1.29 is 46.7 Å². The van der Waals surface area contributed by atoms with Crippen LogP contribution in [-0.4, -0.2) is 166 Å². The molecule has 29 heteroatoms. The van der Waals surface area contributed by atoms with Crippen LogP contribution in [0.3, 0.4) is 0 Å². The van der Waals surface area contributed by atoms with E-state index >= 15 is 0 Å². The first-order chi connectivity index (χ1) is 44.4. The van der Waals surface area contributed by atoms with Crippen LogP contribution in [0.25, 0.3) is 10.9 Å². The van der Waals surface area contributed by atoms with Crippen molar-refractivity contribution in [1.82, 2.24) is 59.7 Å². The first-order valence-electron chi connectivity index (χ1n) is 29.3. The first-order valence-corrected chi connectivity index (χ1v) is 32.8. The lowest BCUT2D eigenvalue weighted by molar-refractivity contribution is -0.138. The number of nitrogens with one attached hydrogen (secondary N) is 1. The van der Waals surface area contributed by atoms with Crippen molar-refractivity contribution in [2.24, 2.45) is 5.73 Å². The number of anilines is 1. The number of rotatable bonds is 13. The summed E-state index contributed by atoms with van der Waals surface area (Å²) in [5, 5.41) is 8.37. The van der Waals surface area contributed by atoms with Crippen LogP contribution in [0.5, 0.6) is 0 Å². The molecule has 3 amide bonds. The van der Waals surface area contributed by atoms with Crippen molar-refractivity contribution in [1.29, 1.82) is 0 Å². The Morgan fingerprint density at radius 1 is 0.681 bits per heavy atom. The fourth-order valence-electron chi connectivity index (χ4n) is 9.60. The number of Topliss-reactive ketones (excluding diaryl/α,β-unsaturated/α-hetero) is 3. The predicted molar refractivity (Wildman–Crippen MR) is 365 cm³/mol. The van der Waals surface area contributed by atoms with E-state index in [-0.39, 0.29) is 93.8 Å². The van der Waals surface area contributed by atoms with E-state index in [9.17, 15) is 41.9 Å². The Balaban J connectivity index is 0.000000214. The highest BCUT2D eigenvalue weighted by Crippen LogP contribution is 2.28.